The van der Waals surface area contributed by atoms with Crippen LogP contribution in [0.15, 0.2) is 0 Å². The third kappa shape index (κ3) is 15.8. The maximum atomic E-state index is 8.18. The molecular formula is C56H120O4Si8. The third-order valence-corrected chi connectivity index (χ3v) is 57.3. The average Bonchev–Trinajstić information content (AvgIpc) is 3.10. The van der Waals surface area contributed by atoms with E-state index in [0.717, 1.165) is 47.3 Å². The standard InChI is InChI=1S/C56H120O4Si8/c1-41-25-42(2)30-50-37-49(29-41)61(9,10)57-63(13,14)51-31-43(3)26-44(4)32-52(38-51)65(17,18)59-67(21,22)55-35-47(7)28-48(8)36-56(40-55)68(23,24)60-66(19,20)54-34-46(6)27-45(5)33-53(39-54)64(15,16)58-62(50,11)12/h41-56H,25-40H2,1-24H3. The normalized spacial score (nSPS) is 44.8. The lowest BCUT2D eigenvalue weighted by molar-refractivity contribution is 0.286. The molecule has 16 unspecified atom stereocenters. The van der Waals surface area contributed by atoms with Gasteiger partial charge in [0.2, 0.25) is 0 Å². The van der Waals surface area contributed by atoms with Crippen LogP contribution in [0.5, 0.6) is 0 Å². The summed E-state index contributed by atoms with van der Waals surface area (Å²) in [5.41, 5.74) is 5.53. The first-order valence-corrected chi connectivity index (χ1v) is 53.5. The van der Waals surface area contributed by atoms with Gasteiger partial charge in [0.15, 0.2) is 66.5 Å². The van der Waals surface area contributed by atoms with Gasteiger partial charge in [-0.1, -0.05) is 55.4 Å². The topological polar surface area (TPSA) is 36.9 Å². The molecule has 400 valence electrons. The lowest BCUT2D eigenvalue weighted by Crippen LogP contribution is -2.56. The molecule has 4 saturated carbocycles. The second-order valence-electron chi connectivity index (χ2n) is 31.4. The Morgan fingerprint density at radius 2 is 0.279 bits per heavy atom. The Morgan fingerprint density at radius 1 is 0.176 bits per heavy atom. The van der Waals surface area contributed by atoms with E-state index in [1.807, 2.05) is 0 Å². The summed E-state index contributed by atoms with van der Waals surface area (Å²) in [5, 5.41) is 0. The second kappa shape index (κ2) is 22.7. The average molecular weight is 1080 g/mol. The smallest absolute Gasteiger partial charge is 0.176 e. The lowest BCUT2D eigenvalue weighted by Gasteiger charge is -2.52. The van der Waals surface area contributed by atoms with Crippen LogP contribution in [0.3, 0.4) is 0 Å². The summed E-state index contributed by atoms with van der Waals surface area (Å²) in [6.45, 7) is 63.8. The minimum atomic E-state index is -2.11. The molecule has 1 saturated heterocycles. The van der Waals surface area contributed by atoms with Gasteiger partial charge in [-0.3, -0.25) is 0 Å². The van der Waals surface area contributed by atoms with Crippen molar-refractivity contribution in [2.75, 3.05) is 0 Å². The van der Waals surface area contributed by atoms with Crippen LogP contribution in [-0.4, -0.2) is 66.5 Å². The van der Waals surface area contributed by atoms with Gasteiger partial charge in [0.1, 0.15) is 0 Å². The third-order valence-electron chi connectivity index (χ3n) is 21.0. The predicted octanol–water partition coefficient (Wildman–Crippen LogP) is 20.1. The number of hydrogen-bond donors (Lipinski definition) is 0. The summed E-state index contributed by atoms with van der Waals surface area (Å²) in [5.74, 6) is 6.12. The fraction of sp³-hybridized carbons (Fsp3) is 1.00. The highest BCUT2D eigenvalue weighted by molar-refractivity contribution is 6.89. The first kappa shape index (κ1) is 60.4. The monoisotopic (exact) mass is 1080 g/mol. The molecule has 8 bridgehead atoms. The highest BCUT2D eigenvalue weighted by atomic mass is 28.4. The lowest BCUT2D eigenvalue weighted by atomic mass is 9.85. The van der Waals surface area contributed by atoms with Gasteiger partial charge in [0.05, 0.1) is 0 Å². The fourth-order valence-corrected chi connectivity index (χ4v) is 60.0. The van der Waals surface area contributed by atoms with Crippen molar-refractivity contribution in [3.05, 3.63) is 0 Å². The zero-order chi connectivity index (χ0) is 51.4. The van der Waals surface area contributed by atoms with Crippen molar-refractivity contribution in [1.82, 2.24) is 0 Å². The van der Waals surface area contributed by atoms with Crippen molar-refractivity contribution in [2.24, 2.45) is 47.3 Å². The number of rotatable bonds is 0. The molecule has 4 nitrogen and oxygen atoms in total. The molecule has 5 aliphatic rings. The molecule has 4 aliphatic carbocycles. The minimum Gasteiger partial charge on any atom is -0.455 e. The number of hydrogen-bond acceptors (Lipinski definition) is 4. The minimum absolute atomic E-state index is 0.692. The summed E-state index contributed by atoms with van der Waals surface area (Å²) in [4.78, 5) is 0. The molecule has 0 aromatic carbocycles. The van der Waals surface area contributed by atoms with Crippen LogP contribution in [-0.2, 0) is 16.5 Å². The van der Waals surface area contributed by atoms with Crippen molar-refractivity contribution in [3.63, 3.8) is 0 Å². The molecule has 1 heterocycles. The van der Waals surface area contributed by atoms with Gasteiger partial charge in [0.25, 0.3) is 0 Å². The van der Waals surface area contributed by atoms with Crippen molar-refractivity contribution in [1.29, 1.82) is 0 Å². The van der Waals surface area contributed by atoms with Crippen LogP contribution >= 0.6 is 0 Å². The van der Waals surface area contributed by atoms with Crippen LogP contribution in [0.2, 0.25) is 149 Å². The van der Waals surface area contributed by atoms with Gasteiger partial charge in [-0.15, -0.1) is 0 Å². The molecule has 5 rings (SSSR count). The SMILES string of the molecule is CC1CC(C)CC2CC(C1)[Si](C)(C)O[Si](C)(C)C1CC(C)CC(C)CC(C1)[Si](C)(C)O[Si](C)(C)C1CC(C)CC(C)CC(C1)[Si](C)(C)O[Si](C)(C)C1CC(C)CC(C)CC(C1)[Si](C)(C)O[Si]2(C)C. The van der Waals surface area contributed by atoms with E-state index >= 15 is 0 Å². The van der Waals surface area contributed by atoms with Crippen LogP contribution < -0.4 is 0 Å². The highest BCUT2D eigenvalue weighted by Gasteiger charge is 2.54. The van der Waals surface area contributed by atoms with Crippen molar-refractivity contribution in [2.45, 2.75) is 307 Å². The van der Waals surface area contributed by atoms with Crippen LogP contribution in [0.1, 0.15) is 158 Å². The molecular weight excluding hydrogens is 961 g/mol. The van der Waals surface area contributed by atoms with Crippen molar-refractivity contribution >= 4 is 66.5 Å². The Balaban J connectivity index is 1.65. The first-order chi connectivity index (χ1) is 30.8. The Labute approximate surface area is 434 Å². The van der Waals surface area contributed by atoms with E-state index in [4.69, 9.17) is 16.5 Å². The summed E-state index contributed by atoms with van der Waals surface area (Å²) >= 11 is 0. The fourth-order valence-electron chi connectivity index (χ4n) is 17.5. The quantitative estimate of drug-likeness (QED) is 0.227. The zero-order valence-electron chi connectivity index (χ0n) is 50.2. The van der Waals surface area contributed by atoms with Crippen molar-refractivity contribution < 1.29 is 16.5 Å². The Bertz CT molecular complexity index is 1280. The maximum Gasteiger partial charge on any atom is 0.176 e. The summed E-state index contributed by atoms with van der Waals surface area (Å²) < 4.78 is 32.7. The van der Waals surface area contributed by atoms with E-state index in [1.54, 1.807) is 0 Å². The highest BCUT2D eigenvalue weighted by Crippen LogP contribution is 2.56. The molecule has 0 amide bonds. The van der Waals surface area contributed by atoms with Crippen molar-refractivity contribution in [3.8, 4) is 0 Å². The zero-order valence-corrected chi connectivity index (χ0v) is 58.2. The molecule has 16 atom stereocenters. The Hall–Kier alpha value is 1.58. The molecule has 0 aromatic heterocycles. The second-order valence-corrected chi connectivity index (χ2v) is 66.9. The molecule has 68 heavy (non-hydrogen) atoms. The van der Waals surface area contributed by atoms with Gasteiger partial charge in [-0.2, -0.15) is 0 Å². The largest absolute Gasteiger partial charge is 0.455 e. The predicted molar refractivity (Wildman–Crippen MR) is 321 cm³/mol. The van der Waals surface area contributed by atoms with E-state index in [9.17, 15) is 0 Å². The first-order valence-electron chi connectivity index (χ1n) is 29.6. The van der Waals surface area contributed by atoms with E-state index in [0.29, 0.717) is 44.3 Å². The van der Waals surface area contributed by atoms with Gasteiger partial charge in [0, 0.05) is 0 Å². The van der Waals surface area contributed by atoms with Crippen LogP contribution in [0.4, 0.5) is 0 Å². The summed E-state index contributed by atoms with van der Waals surface area (Å²) in [6, 6.07) is 0. The van der Waals surface area contributed by atoms with E-state index in [1.165, 1.54) is 103 Å². The molecule has 1 aliphatic heterocycles. The summed E-state index contributed by atoms with van der Waals surface area (Å²) in [7, 11) is -16.9. The van der Waals surface area contributed by atoms with E-state index < -0.39 is 66.5 Å². The molecule has 0 spiro atoms. The van der Waals surface area contributed by atoms with Gasteiger partial charge in [-0.25, -0.2) is 0 Å². The Kier molecular flexibility index (Phi) is 20.1. The molecule has 0 radical (unpaired) electrons. The Morgan fingerprint density at radius 3 is 0.382 bits per heavy atom. The van der Waals surface area contributed by atoms with Gasteiger partial charge >= 0.3 is 0 Å². The van der Waals surface area contributed by atoms with Crippen LogP contribution in [0.25, 0.3) is 0 Å². The van der Waals surface area contributed by atoms with Crippen LogP contribution in [0, 0.1) is 47.3 Å². The molecule has 5 fully saturated rings. The van der Waals surface area contributed by atoms with Gasteiger partial charge in [-0.05, 0) is 299 Å². The molecule has 0 aromatic rings. The number of fused-ring (bicyclic) bond motifs is 8. The summed E-state index contributed by atoms with van der Waals surface area (Å²) in [6.07, 6.45) is 21.6. The molecule has 0 N–H and O–H groups in total. The maximum absolute atomic E-state index is 8.18. The van der Waals surface area contributed by atoms with E-state index in [2.05, 4.69) is 160 Å². The molecule has 12 heteroatoms. The van der Waals surface area contributed by atoms with Gasteiger partial charge < -0.3 is 16.5 Å². The van der Waals surface area contributed by atoms with E-state index in [-0.39, 0.29) is 0 Å².